The number of rotatable bonds is 9. The Morgan fingerprint density at radius 2 is 1.74 bits per heavy atom. The lowest BCUT2D eigenvalue weighted by atomic mass is 10.1. The number of carbonyl (C=O) groups is 1. The number of carbonyl (C=O) groups excluding carboxylic acids is 1. The van der Waals surface area contributed by atoms with Crippen molar-refractivity contribution in [2.24, 2.45) is 0 Å². The Balaban J connectivity index is 1.70. The van der Waals surface area contributed by atoms with Crippen LogP contribution in [0.4, 0.5) is 0 Å². The summed E-state index contributed by atoms with van der Waals surface area (Å²) in [7, 11) is 0. The molecule has 2 rings (SSSR count). The minimum Gasteiger partial charge on any atom is -0.494 e. The van der Waals surface area contributed by atoms with E-state index >= 15 is 0 Å². The van der Waals surface area contributed by atoms with Crippen molar-refractivity contribution in [1.29, 1.82) is 0 Å². The summed E-state index contributed by atoms with van der Waals surface area (Å²) in [6.07, 6.45) is 4.08. The van der Waals surface area contributed by atoms with Crippen LogP contribution in [0.25, 0.3) is 0 Å². The maximum absolute atomic E-state index is 12.1. The predicted octanol–water partition coefficient (Wildman–Crippen LogP) is 4.23. The van der Waals surface area contributed by atoms with E-state index in [9.17, 15) is 4.79 Å². The zero-order valence-corrected chi connectivity index (χ0v) is 13.8. The lowest BCUT2D eigenvalue weighted by Crippen LogP contribution is -2.24. The number of hydrogen-bond donors (Lipinski definition) is 1. The van der Waals surface area contributed by atoms with Crippen LogP contribution >= 0.6 is 0 Å². The van der Waals surface area contributed by atoms with Gasteiger partial charge in [-0.05, 0) is 49.1 Å². The van der Waals surface area contributed by atoms with Crippen LogP contribution in [-0.4, -0.2) is 19.1 Å². The van der Waals surface area contributed by atoms with Crippen molar-refractivity contribution in [3.8, 4) is 5.75 Å². The second kappa shape index (κ2) is 9.67. The third kappa shape index (κ3) is 6.15. The summed E-state index contributed by atoms with van der Waals surface area (Å²) in [6.45, 7) is 3.54. The molecule has 0 aliphatic carbocycles. The highest BCUT2D eigenvalue weighted by molar-refractivity contribution is 5.94. The zero-order chi connectivity index (χ0) is 16.3. The highest BCUT2D eigenvalue weighted by Gasteiger charge is 2.05. The van der Waals surface area contributed by atoms with Crippen molar-refractivity contribution < 1.29 is 9.53 Å². The molecule has 0 bridgehead atoms. The van der Waals surface area contributed by atoms with Crippen molar-refractivity contribution in [1.82, 2.24) is 5.32 Å². The molecule has 0 heterocycles. The molecule has 0 saturated carbocycles. The number of hydrogen-bond acceptors (Lipinski definition) is 2. The Morgan fingerprint density at radius 1 is 1.00 bits per heavy atom. The average molecular weight is 311 g/mol. The van der Waals surface area contributed by atoms with Crippen LogP contribution in [0, 0.1) is 0 Å². The van der Waals surface area contributed by atoms with Crippen LogP contribution in [0.15, 0.2) is 54.6 Å². The van der Waals surface area contributed by atoms with Gasteiger partial charge in [-0.25, -0.2) is 0 Å². The smallest absolute Gasteiger partial charge is 0.251 e. The topological polar surface area (TPSA) is 38.3 Å². The van der Waals surface area contributed by atoms with Gasteiger partial charge < -0.3 is 10.1 Å². The van der Waals surface area contributed by atoms with Crippen LogP contribution in [0.2, 0.25) is 0 Å². The lowest BCUT2D eigenvalue weighted by molar-refractivity contribution is 0.0953. The summed E-state index contributed by atoms with van der Waals surface area (Å²) in [6, 6.07) is 17.7. The second-order valence-electron chi connectivity index (χ2n) is 5.57. The Hall–Kier alpha value is -2.29. The molecule has 122 valence electrons. The van der Waals surface area contributed by atoms with E-state index in [1.54, 1.807) is 0 Å². The van der Waals surface area contributed by atoms with E-state index in [4.69, 9.17) is 4.74 Å². The molecule has 0 aromatic heterocycles. The molecule has 0 aliphatic heterocycles. The fourth-order valence-corrected chi connectivity index (χ4v) is 2.28. The Morgan fingerprint density at radius 3 is 2.43 bits per heavy atom. The van der Waals surface area contributed by atoms with Gasteiger partial charge in [-0.1, -0.05) is 43.7 Å². The third-order valence-corrected chi connectivity index (χ3v) is 3.65. The molecule has 3 heteroatoms. The van der Waals surface area contributed by atoms with E-state index in [0.29, 0.717) is 12.1 Å². The first-order valence-corrected chi connectivity index (χ1v) is 8.34. The molecule has 0 aliphatic rings. The zero-order valence-electron chi connectivity index (χ0n) is 13.8. The van der Waals surface area contributed by atoms with Crippen LogP contribution in [0.3, 0.4) is 0 Å². The lowest BCUT2D eigenvalue weighted by Gasteiger charge is -2.08. The minimum absolute atomic E-state index is 0.0295. The number of ether oxygens (including phenoxy) is 1. The summed E-state index contributed by atoms with van der Waals surface area (Å²) in [5.74, 6) is 0.789. The van der Waals surface area contributed by atoms with Gasteiger partial charge in [0.1, 0.15) is 5.75 Å². The van der Waals surface area contributed by atoms with Gasteiger partial charge in [0.05, 0.1) is 6.61 Å². The van der Waals surface area contributed by atoms with Gasteiger partial charge in [0.25, 0.3) is 5.91 Å². The summed E-state index contributed by atoms with van der Waals surface area (Å²) in [5, 5.41) is 2.96. The molecule has 3 nitrogen and oxygen atoms in total. The Kier molecular flexibility index (Phi) is 7.18. The van der Waals surface area contributed by atoms with Crippen molar-refractivity contribution >= 4 is 5.91 Å². The number of aryl methyl sites for hydroxylation is 1. The fourth-order valence-electron chi connectivity index (χ4n) is 2.28. The first-order valence-electron chi connectivity index (χ1n) is 8.34. The maximum Gasteiger partial charge on any atom is 0.251 e. The molecule has 0 saturated heterocycles. The molecular formula is C20H25NO2. The first-order chi connectivity index (χ1) is 11.3. The monoisotopic (exact) mass is 311 g/mol. The van der Waals surface area contributed by atoms with Crippen molar-refractivity contribution in [2.45, 2.75) is 32.6 Å². The fraction of sp³-hybridized carbons (Fsp3) is 0.350. The quantitative estimate of drug-likeness (QED) is 0.704. The summed E-state index contributed by atoms with van der Waals surface area (Å²) in [5.41, 5.74) is 1.97. The van der Waals surface area contributed by atoms with E-state index in [0.717, 1.165) is 38.0 Å². The van der Waals surface area contributed by atoms with Gasteiger partial charge in [-0.2, -0.15) is 0 Å². The van der Waals surface area contributed by atoms with Gasteiger partial charge in [0.15, 0.2) is 0 Å². The van der Waals surface area contributed by atoms with Crippen molar-refractivity contribution in [3.05, 3.63) is 65.7 Å². The van der Waals surface area contributed by atoms with Crippen LogP contribution in [-0.2, 0) is 6.42 Å². The van der Waals surface area contributed by atoms with E-state index in [-0.39, 0.29) is 5.91 Å². The molecule has 23 heavy (non-hydrogen) atoms. The molecule has 1 amide bonds. The minimum atomic E-state index is -0.0295. The number of amides is 1. The Labute approximate surface area is 138 Å². The normalized spacial score (nSPS) is 10.3. The molecule has 2 aromatic carbocycles. The van der Waals surface area contributed by atoms with Gasteiger partial charge in [0, 0.05) is 12.1 Å². The van der Waals surface area contributed by atoms with E-state index < -0.39 is 0 Å². The molecular weight excluding hydrogens is 286 g/mol. The predicted molar refractivity (Wildman–Crippen MR) is 93.9 cm³/mol. The van der Waals surface area contributed by atoms with Gasteiger partial charge in [0.2, 0.25) is 0 Å². The van der Waals surface area contributed by atoms with E-state index in [1.807, 2.05) is 42.5 Å². The van der Waals surface area contributed by atoms with Crippen molar-refractivity contribution in [3.63, 3.8) is 0 Å². The van der Waals surface area contributed by atoms with Gasteiger partial charge in [-0.3, -0.25) is 4.79 Å². The van der Waals surface area contributed by atoms with Crippen LogP contribution in [0.1, 0.15) is 42.1 Å². The summed E-state index contributed by atoms with van der Waals surface area (Å²) >= 11 is 0. The molecule has 0 spiro atoms. The Bertz CT molecular complexity index is 578. The average Bonchev–Trinajstić information content (AvgIpc) is 2.60. The van der Waals surface area contributed by atoms with Crippen molar-refractivity contribution in [2.75, 3.05) is 13.2 Å². The van der Waals surface area contributed by atoms with E-state index in [2.05, 4.69) is 24.4 Å². The van der Waals surface area contributed by atoms with Crippen LogP contribution < -0.4 is 10.1 Å². The second-order valence-corrected chi connectivity index (χ2v) is 5.57. The van der Waals surface area contributed by atoms with Gasteiger partial charge in [-0.15, -0.1) is 0 Å². The SMILES string of the molecule is CCCCOc1ccc(C(=O)NCCCc2ccccc2)cc1. The molecule has 1 N–H and O–H groups in total. The number of benzene rings is 2. The molecule has 0 fully saturated rings. The molecule has 0 atom stereocenters. The number of nitrogens with one attached hydrogen (secondary N) is 1. The number of unbranched alkanes of at least 4 members (excludes halogenated alkanes) is 1. The summed E-state index contributed by atoms with van der Waals surface area (Å²) < 4.78 is 5.60. The van der Waals surface area contributed by atoms with Gasteiger partial charge >= 0.3 is 0 Å². The highest BCUT2D eigenvalue weighted by atomic mass is 16.5. The third-order valence-electron chi connectivity index (χ3n) is 3.65. The first kappa shape index (κ1) is 17.1. The largest absolute Gasteiger partial charge is 0.494 e. The summed E-state index contributed by atoms with van der Waals surface area (Å²) in [4.78, 5) is 12.1. The van der Waals surface area contributed by atoms with E-state index in [1.165, 1.54) is 5.56 Å². The molecule has 0 radical (unpaired) electrons. The molecule has 2 aromatic rings. The van der Waals surface area contributed by atoms with Crippen LogP contribution in [0.5, 0.6) is 5.75 Å². The highest BCUT2D eigenvalue weighted by Crippen LogP contribution is 2.12. The maximum atomic E-state index is 12.1. The standard InChI is InChI=1S/C20H25NO2/c1-2-3-16-23-19-13-11-18(12-14-19)20(22)21-15-7-10-17-8-5-4-6-9-17/h4-6,8-9,11-14H,2-3,7,10,15-16H2,1H3,(H,21,22). The molecule has 0 unspecified atom stereocenters.